The number of amides is 1. The van der Waals surface area contributed by atoms with E-state index in [9.17, 15) is 19.5 Å². The molecule has 1 heterocycles. The Morgan fingerprint density at radius 2 is 1.60 bits per heavy atom. The molecule has 0 saturated carbocycles. The van der Waals surface area contributed by atoms with Crippen LogP contribution < -0.4 is 0 Å². The van der Waals surface area contributed by atoms with Gasteiger partial charge in [0.1, 0.15) is 5.76 Å². The van der Waals surface area contributed by atoms with E-state index in [1.165, 1.54) is 4.90 Å². The first-order chi connectivity index (χ1) is 14.4. The van der Waals surface area contributed by atoms with Gasteiger partial charge in [0.2, 0.25) is 0 Å². The molecular weight excluding hydrogens is 450 g/mol. The minimum absolute atomic E-state index is 0.0686. The fourth-order valence-electron chi connectivity index (χ4n) is 3.59. The fraction of sp³-hybridized carbons (Fsp3) is 0.261. The summed E-state index contributed by atoms with van der Waals surface area (Å²) in [5.41, 5.74) is 1.26. The minimum Gasteiger partial charge on any atom is -0.507 e. The first-order valence-corrected chi connectivity index (χ1v) is 10.5. The molecule has 0 aliphatic carbocycles. The number of hydrogen-bond donors (Lipinski definition) is 2. The molecule has 1 saturated heterocycles. The number of ketones is 1. The zero-order chi connectivity index (χ0) is 21.7. The number of carbonyl (C=O) groups is 3. The van der Waals surface area contributed by atoms with E-state index < -0.39 is 23.7 Å². The summed E-state index contributed by atoms with van der Waals surface area (Å²) >= 11 is 3.34. The second-order valence-electron chi connectivity index (χ2n) is 7.11. The third-order valence-corrected chi connectivity index (χ3v) is 5.59. The number of rotatable bonds is 8. The van der Waals surface area contributed by atoms with Gasteiger partial charge in [0.25, 0.3) is 11.7 Å². The van der Waals surface area contributed by atoms with E-state index in [1.807, 2.05) is 30.3 Å². The van der Waals surface area contributed by atoms with Crippen molar-refractivity contribution in [3.63, 3.8) is 0 Å². The van der Waals surface area contributed by atoms with Gasteiger partial charge in [0.05, 0.1) is 11.6 Å². The smallest absolute Gasteiger partial charge is 0.303 e. The van der Waals surface area contributed by atoms with E-state index >= 15 is 0 Å². The number of benzene rings is 2. The molecule has 3 rings (SSSR count). The van der Waals surface area contributed by atoms with Crippen molar-refractivity contribution in [3.05, 3.63) is 75.8 Å². The van der Waals surface area contributed by atoms with Crippen molar-refractivity contribution in [2.24, 2.45) is 0 Å². The van der Waals surface area contributed by atoms with Crippen LogP contribution in [0.1, 0.15) is 42.9 Å². The van der Waals surface area contributed by atoms with E-state index in [-0.39, 0.29) is 17.8 Å². The summed E-state index contributed by atoms with van der Waals surface area (Å²) in [7, 11) is 0. The lowest BCUT2D eigenvalue weighted by atomic mass is 9.95. The Balaban J connectivity index is 1.94. The summed E-state index contributed by atoms with van der Waals surface area (Å²) in [6.07, 6.45) is 1.78. The molecule has 0 aromatic heterocycles. The van der Waals surface area contributed by atoms with Crippen molar-refractivity contribution in [2.45, 2.75) is 31.7 Å². The second-order valence-corrected chi connectivity index (χ2v) is 8.03. The lowest BCUT2D eigenvalue weighted by molar-refractivity contribution is -0.140. The molecule has 2 aromatic carbocycles. The van der Waals surface area contributed by atoms with Crippen molar-refractivity contribution in [1.29, 1.82) is 0 Å². The Morgan fingerprint density at radius 3 is 2.23 bits per heavy atom. The van der Waals surface area contributed by atoms with Crippen LogP contribution in [0.15, 0.2) is 64.6 Å². The standard InChI is InChI=1S/C23H22BrNO5/c24-17-12-10-16(11-13-17)21(28)19-20(15-7-3-1-4-8-15)25(23(30)22(19)29)14-6-2-5-9-18(26)27/h1,3-4,7-8,10-13,20,28H,2,5-6,9,14H2,(H,26,27)/b21-19+/t20-/m1/s1. The molecule has 0 unspecified atom stereocenters. The average Bonchev–Trinajstić information content (AvgIpc) is 2.99. The average molecular weight is 472 g/mol. The number of Topliss-reactive ketones (excluding diaryl/α,β-unsaturated/α-hetero) is 1. The molecule has 1 aliphatic rings. The third kappa shape index (κ3) is 4.79. The maximum absolute atomic E-state index is 12.9. The molecule has 2 N–H and O–H groups in total. The van der Waals surface area contributed by atoms with Gasteiger partial charge < -0.3 is 15.1 Å². The second kappa shape index (κ2) is 9.71. The molecule has 30 heavy (non-hydrogen) atoms. The number of halogens is 1. The zero-order valence-corrected chi connectivity index (χ0v) is 17.8. The lowest BCUT2D eigenvalue weighted by Crippen LogP contribution is -2.30. The van der Waals surface area contributed by atoms with Gasteiger partial charge in [-0.2, -0.15) is 0 Å². The molecule has 0 bridgehead atoms. The predicted octanol–water partition coefficient (Wildman–Crippen LogP) is 4.52. The maximum atomic E-state index is 12.9. The molecule has 6 nitrogen and oxygen atoms in total. The van der Waals surface area contributed by atoms with Crippen molar-refractivity contribution in [2.75, 3.05) is 6.54 Å². The van der Waals surface area contributed by atoms with Crippen LogP contribution in [0.2, 0.25) is 0 Å². The van der Waals surface area contributed by atoms with Crippen molar-refractivity contribution in [1.82, 2.24) is 4.90 Å². The highest BCUT2D eigenvalue weighted by molar-refractivity contribution is 9.10. The zero-order valence-electron chi connectivity index (χ0n) is 16.3. The molecule has 2 aromatic rings. The van der Waals surface area contributed by atoms with Gasteiger partial charge in [0.15, 0.2) is 0 Å². The van der Waals surface area contributed by atoms with Crippen LogP contribution in [0.3, 0.4) is 0 Å². The quantitative estimate of drug-likeness (QED) is 0.255. The maximum Gasteiger partial charge on any atom is 0.303 e. The molecule has 0 spiro atoms. The number of aliphatic hydroxyl groups excluding tert-OH is 1. The van der Waals surface area contributed by atoms with E-state index in [4.69, 9.17) is 5.11 Å². The minimum atomic E-state index is -0.853. The number of carbonyl (C=O) groups excluding carboxylic acids is 2. The van der Waals surface area contributed by atoms with Crippen molar-refractivity contribution in [3.8, 4) is 0 Å². The van der Waals surface area contributed by atoms with Gasteiger partial charge in [-0.05, 0) is 30.5 Å². The van der Waals surface area contributed by atoms with Crippen LogP contribution in [0.4, 0.5) is 0 Å². The first-order valence-electron chi connectivity index (χ1n) is 9.71. The van der Waals surface area contributed by atoms with Gasteiger partial charge in [0, 0.05) is 23.0 Å². The van der Waals surface area contributed by atoms with Gasteiger partial charge >= 0.3 is 5.97 Å². The number of likely N-dealkylation sites (tertiary alicyclic amines) is 1. The molecule has 1 amide bonds. The predicted molar refractivity (Wildman–Crippen MR) is 116 cm³/mol. The summed E-state index contributed by atoms with van der Waals surface area (Å²) < 4.78 is 0.834. The normalized spacial score (nSPS) is 18.0. The van der Waals surface area contributed by atoms with Gasteiger partial charge in [-0.25, -0.2) is 0 Å². The summed E-state index contributed by atoms with van der Waals surface area (Å²) in [5, 5.41) is 19.7. The molecule has 1 aliphatic heterocycles. The number of unbranched alkanes of at least 4 members (excludes halogenated alkanes) is 2. The summed E-state index contributed by atoms with van der Waals surface area (Å²) in [5.74, 6) is -2.42. The van der Waals surface area contributed by atoms with Crippen LogP contribution >= 0.6 is 15.9 Å². The van der Waals surface area contributed by atoms with Crippen molar-refractivity contribution < 1.29 is 24.6 Å². The number of carboxylic acid groups (broad SMARTS) is 1. The molecule has 0 radical (unpaired) electrons. The van der Waals surface area contributed by atoms with E-state index in [2.05, 4.69) is 15.9 Å². The molecule has 7 heteroatoms. The molecular formula is C23H22BrNO5. The van der Waals surface area contributed by atoms with Crippen LogP contribution in [-0.2, 0) is 14.4 Å². The molecule has 1 atom stereocenters. The Kier molecular flexibility index (Phi) is 7.05. The Labute approximate surface area is 183 Å². The summed E-state index contributed by atoms with van der Waals surface area (Å²) in [6.45, 7) is 0.306. The lowest BCUT2D eigenvalue weighted by Gasteiger charge is -2.25. The van der Waals surface area contributed by atoms with Gasteiger partial charge in [-0.15, -0.1) is 0 Å². The Bertz CT molecular complexity index is 969. The number of carboxylic acids is 1. The SMILES string of the molecule is O=C(O)CCCCCN1C(=O)C(=O)/C(=C(/O)c2ccc(Br)cc2)[C@H]1c1ccccc1. The number of nitrogens with zero attached hydrogens (tertiary/aromatic N) is 1. The fourth-order valence-corrected chi connectivity index (χ4v) is 3.86. The van der Waals surface area contributed by atoms with Crippen LogP contribution in [-0.4, -0.2) is 39.3 Å². The van der Waals surface area contributed by atoms with Gasteiger partial charge in [-0.3, -0.25) is 14.4 Å². The van der Waals surface area contributed by atoms with Crippen molar-refractivity contribution >= 4 is 39.3 Å². The van der Waals surface area contributed by atoms with E-state index in [0.717, 1.165) is 10.0 Å². The van der Waals surface area contributed by atoms with E-state index in [0.29, 0.717) is 31.4 Å². The summed E-state index contributed by atoms with van der Waals surface area (Å²) in [4.78, 5) is 37.8. The summed E-state index contributed by atoms with van der Waals surface area (Å²) in [6, 6.07) is 15.3. The van der Waals surface area contributed by atoms with E-state index in [1.54, 1.807) is 24.3 Å². The number of hydrogen-bond acceptors (Lipinski definition) is 4. The van der Waals surface area contributed by atoms with Crippen LogP contribution in [0, 0.1) is 0 Å². The number of aliphatic carboxylic acids is 1. The van der Waals surface area contributed by atoms with Crippen LogP contribution in [0.25, 0.3) is 5.76 Å². The molecule has 1 fully saturated rings. The first kappa shape index (κ1) is 21.8. The third-order valence-electron chi connectivity index (χ3n) is 5.06. The number of aliphatic hydroxyl groups is 1. The Hall–Kier alpha value is -2.93. The monoisotopic (exact) mass is 471 g/mol. The largest absolute Gasteiger partial charge is 0.507 e. The Morgan fingerprint density at radius 1 is 0.933 bits per heavy atom. The topological polar surface area (TPSA) is 94.9 Å². The highest BCUT2D eigenvalue weighted by Crippen LogP contribution is 2.39. The highest BCUT2D eigenvalue weighted by Gasteiger charge is 2.45. The van der Waals surface area contributed by atoms with Gasteiger partial charge in [-0.1, -0.05) is 64.8 Å². The molecule has 156 valence electrons. The van der Waals surface area contributed by atoms with Crippen LogP contribution in [0.5, 0.6) is 0 Å². The highest BCUT2D eigenvalue weighted by atomic mass is 79.9.